The number of hydrogen-bond donors (Lipinski definition) is 3. The Morgan fingerprint density at radius 2 is 2.25 bits per heavy atom. The van der Waals surface area contributed by atoms with Crippen molar-refractivity contribution in [1.29, 1.82) is 0 Å². The van der Waals surface area contributed by atoms with Gasteiger partial charge in [0.2, 0.25) is 0 Å². The van der Waals surface area contributed by atoms with Crippen molar-refractivity contribution in [1.82, 2.24) is 20.7 Å². The first-order valence-electron chi connectivity index (χ1n) is 5.69. The highest BCUT2D eigenvalue weighted by Gasteiger charge is 2.23. The van der Waals surface area contributed by atoms with E-state index in [9.17, 15) is 4.79 Å². The van der Waals surface area contributed by atoms with Gasteiger partial charge in [-0.1, -0.05) is 19.3 Å². The molecule has 1 heterocycles. The lowest BCUT2D eigenvalue weighted by molar-refractivity contribution is 0.0923. The summed E-state index contributed by atoms with van der Waals surface area (Å²) in [6.45, 7) is 0. The molecule has 0 saturated heterocycles. The summed E-state index contributed by atoms with van der Waals surface area (Å²) in [7, 11) is 0. The van der Waals surface area contributed by atoms with Gasteiger partial charge in [-0.15, -0.1) is 0 Å². The normalized spacial score (nSPS) is 26.1. The summed E-state index contributed by atoms with van der Waals surface area (Å²) in [6.07, 6.45) is 6.81. The fraction of sp³-hybridized carbons (Fsp3) is 0.700. The van der Waals surface area contributed by atoms with E-state index in [4.69, 9.17) is 5.73 Å². The van der Waals surface area contributed by atoms with Crippen LogP contribution in [0.1, 0.15) is 42.6 Å². The van der Waals surface area contributed by atoms with Crippen LogP contribution in [0.3, 0.4) is 0 Å². The van der Waals surface area contributed by atoms with Crippen LogP contribution in [-0.2, 0) is 0 Å². The summed E-state index contributed by atoms with van der Waals surface area (Å²) >= 11 is 0. The van der Waals surface area contributed by atoms with E-state index in [1.165, 1.54) is 12.6 Å². The van der Waals surface area contributed by atoms with Gasteiger partial charge >= 0.3 is 0 Å². The number of nitrogens with zero attached hydrogens (tertiary/aromatic N) is 2. The lowest BCUT2D eigenvalue weighted by atomic mass is 10.0. The SMILES string of the molecule is NC1CCCCCC1NC(=O)c1cn[nH]n1. The second-order valence-corrected chi connectivity index (χ2v) is 4.24. The molecular formula is C10H17N5O. The van der Waals surface area contributed by atoms with E-state index in [2.05, 4.69) is 20.7 Å². The number of aromatic nitrogens is 3. The third kappa shape index (κ3) is 2.57. The minimum absolute atomic E-state index is 0.0540. The maximum Gasteiger partial charge on any atom is 0.273 e. The number of rotatable bonds is 2. The Hall–Kier alpha value is -1.43. The molecule has 0 radical (unpaired) electrons. The second kappa shape index (κ2) is 5.07. The largest absolute Gasteiger partial charge is 0.346 e. The molecule has 6 heteroatoms. The molecule has 1 aliphatic rings. The molecular weight excluding hydrogens is 206 g/mol. The molecule has 1 aromatic rings. The molecule has 1 saturated carbocycles. The van der Waals surface area contributed by atoms with Crippen LogP contribution in [0.5, 0.6) is 0 Å². The molecule has 1 aliphatic carbocycles. The van der Waals surface area contributed by atoms with Gasteiger partial charge in [0.25, 0.3) is 5.91 Å². The minimum atomic E-state index is -0.198. The molecule has 88 valence electrons. The summed E-state index contributed by atoms with van der Waals surface area (Å²) in [4.78, 5) is 11.7. The van der Waals surface area contributed by atoms with Gasteiger partial charge in [-0.3, -0.25) is 4.79 Å². The molecule has 16 heavy (non-hydrogen) atoms. The topological polar surface area (TPSA) is 96.7 Å². The Labute approximate surface area is 94.0 Å². The lowest BCUT2D eigenvalue weighted by Gasteiger charge is -2.21. The zero-order chi connectivity index (χ0) is 11.4. The molecule has 6 nitrogen and oxygen atoms in total. The monoisotopic (exact) mass is 223 g/mol. The number of nitrogens with two attached hydrogens (primary N) is 1. The van der Waals surface area contributed by atoms with Crippen molar-refractivity contribution >= 4 is 5.91 Å². The van der Waals surface area contributed by atoms with Crippen molar-refractivity contribution in [3.05, 3.63) is 11.9 Å². The first kappa shape index (κ1) is 11.1. The molecule has 1 fully saturated rings. The van der Waals surface area contributed by atoms with Crippen molar-refractivity contribution in [2.75, 3.05) is 0 Å². The summed E-state index contributed by atoms with van der Waals surface area (Å²) in [5.74, 6) is -0.198. The first-order chi connectivity index (χ1) is 7.77. The molecule has 0 bridgehead atoms. The van der Waals surface area contributed by atoms with E-state index in [-0.39, 0.29) is 18.0 Å². The van der Waals surface area contributed by atoms with E-state index >= 15 is 0 Å². The number of aromatic amines is 1. The van der Waals surface area contributed by atoms with E-state index < -0.39 is 0 Å². The van der Waals surface area contributed by atoms with Crippen LogP contribution < -0.4 is 11.1 Å². The summed E-state index contributed by atoms with van der Waals surface area (Å²) < 4.78 is 0. The molecule has 1 aromatic heterocycles. The van der Waals surface area contributed by atoms with Gasteiger partial charge in [-0.2, -0.15) is 15.4 Å². The average Bonchev–Trinajstić information content (AvgIpc) is 2.73. The maximum atomic E-state index is 11.7. The second-order valence-electron chi connectivity index (χ2n) is 4.24. The highest BCUT2D eigenvalue weighted by atomic mass is 16.2. The third-order valence-corrected chi connectivity index (χ3v) is 3.03. The van der Waals surface area contributed by atoms with Crippen LogP contribution in [0.4, 0.5) is 0 Å². The first-order valence-corrected chi connectivity index (χ1v) is 5.69. The van der Waals surface area contributed by atoms with Crippen LogP contribution >= 0.6 is 0 Å². The molecule has 2 rings (SSSR count). The van der Waals surface area contributed by atoms with Gasteiger partial charge < -0.3 is 11.1 Å². The predicted octanol–water partition coefficient (Wildman–Crippen LogP) is 0.194. The molecule has 2 unspecified atom stereocenters. The number of hydrogen-bond acceptors (Lipinski definition) is 4. The highest BCUT2D eigenvalue weighted by molar-refractivity contribution is 5.92. The summed E-state index contributed by atoms with van der Waals surface area (Å²) in [5, 5.41) is 12.7. The Morgan fingerprint density at radius 1 is 1.44 bits per heavy atom. The predicted molar refractivity (Wildman–Crippen MR) is 58.7 cm³/mol. The van der Waals surface area contributed by atoms with E-state index in [0.717, 1.165) is 25.7 Å². The van der Waals surface area contributed by atoms with Gasteiger partial charge in [-0.05, 0) is 12.8 Å². The molecule has 0 aliphatic heterocycles. The zero-order valence-electron chi connectivity index (χ0n) is 9.15. The number of amides is 1. The van der Waals surface area contributed by atoms with Crippen LogP contribution in [0.15, 0.2) is 6.20 Å². The van der Waals surface area contributed by atoms with Crippen molar-refractivity contribution in [3.63, 3.8) is 0 Å². The number of H-pyrrole nitrogens is 1. The van der Waals surface area contributed by atoms with E-state index in [1.807, 2.05) is 0 Å². The Morgan fingerprint density at radius 3 is 3.00 bits per heavy atom. The number of nitrogens with one attached hydrogen (secondary N) is 2. The quantitative estimate of drug-likeness (QED) is 0.624. The number of carbonyl (C=O) groups excluding carboxylic acids is 1. The van der Waals surface area contributed by atoms with Crippen molar-refractivity contribution in [3.8, 4) is 0 Å². The Kier molecular flexibility index (Phi) is 3.51. The number of carbonyl (C=O) groups is 1. The summed E-state index contributed by atoms with van der Waals surface area (Å²) in [6, 6.07) is 0.116. The molecule has 1 amide bonds. The highest BCUT2D eigenvalue weighted by Crippen LogP contribution is 2.16. The fourth-order valence-corrected chi connectivity index (χ4v) is 2.07. The van der Waals surface area contributed by atoms with Crippen LogP contribution in [0.2, 0.25) is 0 Å². The van der Waals surface area contributed by atoms with Crippen LogP contribution in [0, 0.1) is 0 Å². The summed E-state index contributed by atoms with van der Waals surface area (Å²) in [5.41, 5.74) is 6.34. The van der Waals surface area contributed by atoms with E-state index in [1.54, 1.807) is 0 Å². The average molecular weight is 223 g/mol. The fourth-order valence-electron chi connectivity index (χ4n) is 2.07. The van der Waals surface area contributed by atoms with Crippen molar-refractivity contribution in [2.45, 2.75) is 44.2 Å². The molecule has 4 N–H and O–H groups in total. The van der Waals surface area contributed by atoms with Crippen molar-refractivity contribution < 1.29 is 4.79 Å². The van der Waals surface area contributed by atoms with Gasteiger partial charge in [-0.25, -0.2) is 0 Å². The lowest BCUT2D eigenvalue weighted by Crippen LogP contribution is -2.47. The van der Waals surface area contributed by atoms with Gasteiger partial charge in [0.05, 0.1) is 6.20 Å². The van der Waals surface area contributed by atoms with Crippen LogP contribution in [0.25, 0.3) is 0 Å². The minimum Gasteiger partial charge on any atom is -0.346 e. The smallest absolute Gasteiger partial charge is 0.273 e. The van der Waals surface area contributed by atoms with E-state index in [0.29, 0.717) is 5.69 Å². The zero-order valence-corrected chi connectivity index (χ0v) is 9.15. The van der Waals surface area contributed by atoms with Gasteiger partial charge in [0, 0.05) is 12.1 Å². The van der Waals surface area contributed by atoms with Gasteiger partial charge in [0.15, 0.2) is 5.69 Å². The third-order valence-electron chi connectivity index (χ3n) is 3.03. The standard InChI is InChI=1S/C10H17N5O/c11-7-4-2-1-3-5-8(7)13-10(16)9-6-12-15-14-9/h6-8H,1-5,11H2,(H,13,16)(H,12,14,15). The molecule has 0 spiro atoms. The van der Waals surface area contributed by atoms with Gasteiger partial charge in [0.1, 0.15) is 0 Å². The molecule has 2 atom stereocenters. The molecule has 0 aromatic carbocycles. The van der Waals surface area contributed by atoms with Crippen molar-refractivity contribution in [2.24, 2.45) is 5.73 Å². The Bertz CT molecular complexity index is 337. The van der Waals surface area contributed by atoms with Crippen LogP contribution in [-0.4, -0.2) is 33.4 Å². The maximum absolute atomic E-state index is 11.7. The Balaban J connectivity index is 1.95.